The van der Waals surface area contributed by atoms with Gasteiger partial charge in [-0.2, -0.15) is 0 Å². The maximum Gasteiger partial charge on any atom is 0.315 e. The number of hydrogen-bond donors (Lipinski definition) is 2. The third-order valence-corrected chi connectivity index (χ3v) is 5.28. The maximum atomic E-state index is 12.0. The van der Waals surface area contributed by atoms with Gasteiger partial charge in [-0.25, -0.2) is 9.78 Å². The Balaban J connectivity index is 1.35. The number of pyridine rings is 1. The number of urea groups is 1. The number of amides is 2. The third-order valence-electron chi connectivity index (χ3n) is 5.28. The number of likely N-dealkylation sites (tertiary alicyclic amines) is 1. The average Bonchev–Trinajstić information content (AvgIpc) is 2.67. The van der Waals surface area contributed by atoms with Crippen LogP contribution in [-0.2, 0) is 11.3 Å². The van der Waals surface area contributed by atoms with Crippen molar-refractivity contribution >= 4 is 11.8 Å². The molecule has 2 saturated heterocycles. The number of piperidine rings is 1. The molecule has 1 aromatic heterocycles. The number of nitrogens with zero attached hydrogens (tertiary/aromatic N) is 3. The molecule has 0 aliphatic carbocycles. The van der Waals surface area contributed by atoms with Crippen LogP contribution in [0.4, 0.5) is 10.6 Å². The highest BCUT2D eigenvalue weighted by molar-refractivity contribution is 5.73. The zero-order valence-electron chi connectivity index (χ0n) is 16.6. The minimum absolute atomic E-state index is 0.119. The number of ether oxygens (including phenoxy) is 1. The van der Waals surface area contributed by atoms with Gasteiger partial charge in [0.2, 0.25) is 0 Å². The molecular weight excluding hydrogens is 342 g/mol. The monoisotopic (exact) mass is 375 g/mol. The molecule has 2 unspecified atom stereocenters. The fourth-order valence-corrected chi connectivity index (χ4v) is 3.80. The summed E-state index contributed by atoms with van der Waals surface area (Å²) in [7, 11) is 0. The second-order valence-electron chi connectivity index (χ2n) is 7.81. The van der Waals surface area contributed by atoms with Crippen LogP contribution in [-0.4, -0.2) is 67.9 Å². The van der Waals surface area contributed by atoms with E-state index >= 15 is 0 Å². The zero-order valence-corrected chi connectivity index (χ0v) is 16.6. The largest absolute Gasteiger partial charge is 0.375 e. The van der Waals surface area contributed by atoms with Crippen LogP contribution in [0.5, 0.6) is 0 Å². The van der Waals surface area contributed by atoms with Crippen molar-refractivity contribution in [3.8, 4) is 0 Å². The molecule has 1 aromatic rings. The summed E-state index contributed by atoms with van der Waals surface area (Å²) in [6.07, 6.45) is 4.66. The summed E-state index contributed by atoms with van der Waals surface area (Å²) in [6, 6.07) is 3.92. The van der Waals surface area contributed by atoms with E-state index in [1.54, 1.807) is 0 Å². The van der Waals surface area contributed by atoms with Crippen molar-refractivity contribution in [2.45, 2.75) is 39.3 Å². The van der Waals surface area contributed by atoms with Gasteiger partial charge in [0.05, 0.1) is 12.7 Å². The number of hydrogen-bond acceptors (Lipinski definition) is 5. The highest BCUT2D eigenvalue weighted by Gasteiger charge is 2.18. The summed E-state index contributed by atoms with van der Waals surface area (Å²) in [5.74, 6) is 1.73. The van der Waals surface area contributed by atoms with Crippen LogP contribution in [0.25, 0.3) is 0 Å². The van der Waals surface area contributed by atoms with Gasteiger partial charge in [0.25, 0.3) is 0 Å². The van der Waals surface area contributed by atoms with Crippen molar-refractivity contribution < 1.29 is 9.53 Å². The maximum absolute atomic E-state index is 12.0. The Hall–Kier alpha value is -1.86. The number of rotatable bonds is 6. The molecule has 3 rings (SSSR count). The lowest BCUT2D eigenvalue weighted by molar-refractivity contribution is 0.0529. The summed E-state index contributed by atoms with van der Waals surface area (Å²) in [4.78, 5) is 21.2. The molecule has 2 fully saturated rings. The van der Waals surface area contributed by atoms with Crippen LogP contribution in [0, 0.1) is 5.92 Å². The van der Waals surface area contributed by atoms with Gasteiger partial charge in [-0.1, -0.05) is 13.0 Å². The molecule has 0 radical (unpaired) electrons. The van der Waals surface area contributed by atoms with Gasteiger partial charge in [-0.3, -0.25) is 0 Å². The molecule has 0 bridgehead atoms. The fraction of sp³-hybridized carbons (Fsp3) is 0.700. The van der Waals surface area contributed by atoms with Gasteiger partial charge in [0.1, 0.15) is 5.82 Å². The molecule has 0 spiro atoms. The average molecular weight is 376 g/mol. The van der Waals surface area contributed by atoms with E-state index in [9.17, 15) is 4.79 Å². The number of morpholine rings is 1. The minimum atomic E-state index is -0.119. The van der Waals surface area contributed by atoms with E-state index < -0.39 is 0 Å². The number of aromatic nitrogens is 1. The van der Waals surface area contributed by atoms with Gasteiger partial charge >= 0.3 is 6.03 Å². The van der Waals surface area contributed by atoms with Crippen molar-refractivity contribution in [3.05, 3.63) is 23.9 Å². The predicted octanol–water partition coefficient (Wildman–Crippen LogP) is 1.84. The van der Waals surface area contributed by atoms with Crippen molar-refractivity contribution in [2.24, 2.45) is 5.92 Å². The number of carbonyl (C=O) groups excluding carboxylic acids is 1. The van der Waals surface area contributed by atoms with Crippen molar-refractivity contribution in [1.82, 2.24) is 20.5 Å². The standard InChI is InChI=1S/C20H33N5O2/c1-16-4-3-8-24(14-16)9-7-21-20(26)23-13-18-5-6-19(22-12-18)25-10-11-27-17(2)15-25/h5-6,12,16-17H,3-4,7-11,13-15H2,1-2H3,(H2,21,23,26). The van der Waals surface area contributed by atoms with E-state index in [4.69, 9.17) is 4.74 Å². The molecule has 2 atom stereocenters. The first-order chi connectivity index (χ1) is 13.1. The molecule has 3 heterocycles. The molecule has 2 aliphatic rings. The Kier molecular flexibility index (Phi) is 7.29. The Labute approximate surface area is 162 Å². The Morgan fingerprint density at radius 3 is 2.89 bits per heavy atom. The van der Waals surface area contributed by atoms with E-state index in [1.807, 2.05) is 18.3 Å². The highest BCUT2D eigenvalue weighted by Crippen LogP contribution is 2.16. The van der Waals surface area contributed by atoms with E-state index in [0.717, 1.165) is 56.6 Å². The van der Waals surface area contributed by atoms with Gasteiger partial charge < -0.3 is 25.2 Å². The molecule has 2 aliphatic heterocycles. The molecule has 7 heteroatoms. The molecule has 0 aromatic carbocycles. The quantitative estimate of drug-likeness (QED) is 0.794. The molecular formula is C20H33N5O2. The summed E-state index contributed by atoms with van der Waals surface area (Å²) in [5, 5.41) is 5.86. The first-order valence-corrected chi connectivity index (χ1v) is 10.2. The lowest BCUT2D eigenvalue weighted by atomic mass is 10.0. The SMILES string of the molecule is CC1CCCN(CCNC(=O)NCc2ccc(N3CCOC(C)C3)nc2)C1. The second kappa shape index (κ2) is 9.90. The van der Waals surface area contributed by atoms with Crippen LogP contribution in [0.15, 0.2) is 18.3 Å². The Morgan fingerprint density at radius 2 is 2.15 bits per heavy atom. The molecule has 150 valence electrons. The van der Waals surface area contributed by atoms with Crippen molar-refractivity contribution in [2.75, 3.05) is 50.8 Å². The first kappa shape index (κ1) is 19.9. The summed E-state index contributed by atoms with van der Waals surface area (Å²) >= 11 is 0. The van der Waals surface area contributed by atoms with Crippen LogP contribution in [0.3, 0.4) is 0 Å². The third kappa shape index (κ3) is 6.36. The lowest BCUT2D eigenvalue weighted by Crippen LogP contribution is -2.42. The fourth-order valence-electron chi connectivity index (χ4n) is 3.80. The van der Waals surface area contributed by atoms with E-state index in [2.05, 4.69) is 39.3 Å². The van der Waals surface area contributed by atoms with E-state index in [1.165, 1.54) is 12.8 Å². The molecule has 2 N–H and O–H groups in total. The number of anilines is 1. The summed E-state index contributed by atoms with van der Waals surface area (Å²) in [6.45, 7) is 11.2. The van der Waals surface area contributed by atoms with Gasteiger partial charge in [-0.05, 0) is 43.9 Å². The molecule has 2 amide bonds. The van der Waals surface area contributed by atoms with E-state index in [0.29, 0.717) is 13.1 Å². The zero-order chi connectivity index (χ0) is 19.1. The van der Waals surface area contributed by atoms with Crippen LogP contribution in [0.2, 0.25) is 0 Å². The molecule has 0 saturated carbocycles. The van der Waals surface area contributed by atoms with Crippen LogP contribution >= 0.6 is 0 Å². The smallest absolute Gasteiger partial charge is 0.315 e. The highest BCUT2D eigenvalue weighted by atomic mass is 16.5. The number of nitrogens with one attached hydrogen (secondary N) is 2. The summed E-state index contributed by atoms with van der Waals surface area (Å²) < 4.78 is 5.57. The van der Waals surface area contributed by atoms with Gasteiger partial charge in [0.15, 0.2) is 0 Å². The van der Waals surface area contributed by atoms with Crippen LogP contribution in [0.1, 0.15) is 32.3 Å². The Morgan fingerprint density at radius 1 is 1.26 bits per heavy atom. The molecule has 7 nitrogen and oxygen atoms in total. The second-order valence-corrected chi connectivity index (χ2v) is 7.81. The van der Waals surface area contributed by atoms with E-state index in [-0.39, 0.29) is 12.1 Å². The van der Waals surface area contributed by atoms with Crippen molar-refractivity contribution in [1.29, 1.82) is 0 Å². The Bertz CT molecular complexity index is 595. The van der Waals surface area contributed by atoms with Crippen molar-refractivity contribution in [3.63, 3.8) is 0 Å². The molecule has 27 heavy (non-hydrogen) atoms. The summed E-state index contributed by atoms with van der Waals surface area (Å²) in [5.41, 5.74) is 1.00. The predicted molar refractivity (Wildman–Crippen MR) is 107 cm³/mol. The van der Waals surface area contributed by atoms with Crippen LogP contribution < -0.4 is 15.5 Å². The topological polar surface area (TPSA) is 69.7 Å². The first-order valence-electron chi connectivity index (χ1n) is 10.2. The van der Waals surface area contributed by atoms with Gasteiger partial charge in [0, 0.05) is 45.5 Å². The lowest BCUT2D eigenvalue weighted by Gasteiger charge is -2.32. The minimum Gasteiger partial charge on any atom is -0.375 e. The number of carbonyl (C=O) groups is 1. The van der Waals surface area contributed by atoms with Gasteiger partial charge in [-0.15, -0.1) is 0 Å². The normalized spacial score (nSPS) is 23.9.